The van der Waals surface area contributed by atoms with Crippen molar-refractivity contribution in [3.8, 4) is 0 Å². The van der Waals surface area contributed by atoms with Gasteiger partial charge in [0.25, 0.3) is 0 Å². The monoisotopic (exact) mass is 356 g/mol. The molecule has 0 fully saturated rings. The van der Waals surface area contributed by atoms with Crippen LogP contribution in [-0.4, -0.2) is 11.0 Å². The van der Waals surface area contributed by atoms with E-state index < -0.39 is 11.8 Å². The zero-order valence-corrected chi connectivity index (χ0v) is 14.3. The molecule has 0 bridgehead atoms. The lowest BCUT2D eigenvalue weighted by Gasteiger charge is -2.11. The lowest BCUT2D eigenvalue weighted by Crippen LogP contribution is -2.19. The summed E-state index contributed by atoms with van der Waals surface area (Å²) in [4.78, 5) is 16.2. The molecule has 2 rings (SSSR count). The van der Waals surface area contributed by atoms with Crippen LogP contribution in [0.25, 0.3) is 0 Å². The van der Waals surface area contributed by atoms with Gasteiger partial charge in [-0.05, 0) is 30.5 Å². The summed E-state index contributed by atoms with van der Waals surface area (Å²) >= 11 is 6.97. The number of aromatic nitrogens is 1. The van der Waals surface area contributed by atoms with Crippen molar-refractivity contribution in [1.82, 2.24) is 4.98 Å². The van der Waals surface area contributed by atoms with Crippen LogP contribution < -0.4 is 16.4 Å². The normalized spacial score (nSPS) is 12.3. The lowest BCUT2D eigenvalue weighted by atomic mass is 10.0. The molecule has 1 aromatic carbocycles. The smallest absolute Gasteiger partial charge is 0.323 e. The minimum Gasteiger partial charge on any atom is -0.323 e. The summed E-state index contributed by atoms with van der Waals surface area (Å²) in [6.07, 6.45) is 0.823. The van der Waals surface area contributed by atoms with Crippen molar-refractivity contribution in [1.29, 1.82) is 0 Å². The molecule has 1 atom stereocenters. The van der Waals surface area contributed by atoms with Crippen LogP contribution in [0.3, 0.4) is 0 Å². The Labute approximate surface area is 143 Å². The zero-order chi connectivity index (χ0) is 17.0. The van der Waals surface area contributed by atoms with Crippen LogP contribution in [0, 0.1) is 11.7 Å². The van der Waals surface area contributed by atoms with E-state index in [0.717, 1.165) is 12.1 Å². The van der Waals surface area contributed by atoms with Crippen LogP contribution in [0.4, 0.5) is 20.0 Å². The molecule has 2 amide bonds. The fourth-order valence-corrected chi connectivity index (χ4v) is 2.93. The number of nitrogens with two attached hydrogens (primary N) is 1. The van der Waals surface area contributed by atoms with E-state index in [1.807, 2.05) is 5.38 Å². The Morgan fingerprint density at radius 3 is 2.83 bits per heavy atom. The SMILES string of the molecule is CC(C)CC(N)c1csc(NC(=O)Nc2ccc(F)c(Cl)c2)n1. The van der Waals surface area contributed by atoms with E-state index in [2.05, 4.69) is 29.5 Å². The number of carbonyl (C=O) groups is 1. The number of anilines is 2. The minimum atomic E-state index is -0.540. The maximum Gasteiger partial charge on any atom is 0.325 e. The van der Waals surface area contributed by atoms with Crippen LogP contribution in [0.2, 0.25) is 5.02 Å². The zero-order valence-electron chi connectivity index (χ0n) is 12.8. The van der Waals surface area contributed by atoms with Crippen molar-refractivity contribution in [3.05, 3.63) is 40.1 Å². The summed E-state index contributed by atoms with van der Waals surface area (Å²) in [6.45, 7) is 4.18. The number of halogens is 2. The first-order valence-electron chi connectivity index (χ1n) is 7.09. The maximum absolute atomic E-state index is 13.1. The van der Waals surface area contributed by atoms with Gasteiger partial charge in [-0.1, -0.05) is 25.4 Å². The van der Waals surface area contributed by atoms with Gasteiger partial charge in [0.1, 0.15) is 5.82 Å². The van der Waals surface area contributed by atoms with Gasteiger partial charge >= 0.3 is 6.03 Å². The number of hydrogen-bond donors (Lipinski definition) is 3. The molecule has 0 aliphatic carbocycles. The summed E-state index contributed by atoms with van der Waals surface area (Å²) < 4.78 is 13.1. The Bertz CT molecular complexity index is 692. The number of nitrogens with one attached hydrogen (secondary N) is 2. The van der Waals surface area contributed by atoms with E-state index in [1.165, 1.54) is 29.5 Å². The van der Waals surface area contributed by atoms with E-state index in [0.29, 0.717) is 16.7 Å². The molecule has 0 saturated carbocycles. The average molecular weight is 357 g/mol. The standard InChI is InChI=1S/C15H18ClFN4OS/c1-8(2)5-12(18)13-7-23-15(20-13)21-14(22)19-9-3-4-11(17)10(16)6-9/h3-4,6-8,12H,5,18H2,1-2H3,(H2,19,20,21,22). The summed E-state index contributed by atoms with van der Waals surface area (Å²) in [5.74, 6) is -0.0732. The van der Waals surface area contributed by atoms with Crippen LogP contribution in [0.1, 0.15) is 32.0 Å². The Morgan fingerprint density at radius 1 is 1.43 bits per heavy atom. The predicted octanol–water partition coefficient (Wildman–Crippen LogP) is 4.63. The number of thiazole rings is 1. The van der Waals surface area contributed by atoms with Crippen molar-refractivity contribution in [2.24, 2.45) is 11.7 Å². The second-order valence-corrected chi connectivity index (χ2v) is 6.79. The van der Waals surface area contributed by atoms with Gasteiger partial charge < -0.3 is 11.1 Å². The maximum atomic E-state index is 13.1. The molecule has 0 saturated heterocycles. The fourth-order valence-electron chi connectivity index (χ4n) is 1.98. The quantitative estimate of drug-likeness (QED) is 0.730. The highest BCUT2D eigenvalue weighted by Gasteiger charge is 2.14. The number of urea groups is 1. The topological polar surface area (TPSA) is 80.0 Å². The van der Waals surface area contributed by atoms with Crippen LogP contribution >= 0.6 is 22.9 Å². The summed E-state index contributed by atoms with van der Waals surface area (Å²) in [7, 11) is 0. The van der Waals surface area contributed by atoms with E-state index >= 15 is 0 Å². The average Bonchev–Trinajstić information content (AvgIpc) is 2.90. The van der Waals surface area contributed by atoms with Gasteiger partial charge in [0, 0.05) is 17.1 Å². The van der Waals surface area contributed by atoms with Gasteiger partial charge in [-0.2, -0.15) is 0 Å². The van der Waals surface area contributed by atoms with Crippen molar-refractivity contribution in [2.45, 2.75) is 26.3 Å². The second kappa shape index (κ2) is 7.72. The first-order chi connectivity index (χ1) is 10.8. The molecule has 0 aliphatic rings. The van der Waals surface area contributed by atoms with E-state index in [1.54, 1.807) is 0 Å². The van der Waals surface area contributed by atoms with Crippen molar-refractivity contribution in [2.75, 3.05) is 10.6 Å². The molecular formula is C15H18ClFN4OS. The Hall–Kier alpha value is -1.70. The Morgan fingerprint density at radius 2 is 2.17 bits per heavy atom. The van der Waals surface area contributed by atoms with Gasteiger partial charge in [-0.25, -0.2) is 14.2 Å². The molecule has 8 heteroatoms. The Kier molecular flexibility index (Phi) is 5.92. The van der Waals surface area contributed by atoms with Gasteiger partial charge in [0.2, 0.25) is 0 Å². The fraction of sp³-hybridized carbons (Fsp3) is 0.333. The summed E-state index contributed by atoms with van der Waals surface area (Å²) in [5.41, 5.74) is 7.20. The predicted molar refractivity (Wildman–Crippen MR) is 92.5 cm³/mol. The molecule has 5 nitrogen and oxygen atoms in total. The third kappa shape index (κ3) is 5.16. The number of amides is 2. The number of nitrogens with zero attached hydrogens (tertiary/aromatic N) is 1. The Balaban J connectivity index is 1.95. The van der Waals surface area contributed by atoms with Crippen LogP contribution in [-0.2, 0) is 0 Å². The molecule has 2 aromatic rings. The lowest BCUT2D eigenvalue weighted by molar-refractivity contribution is 0.262. The molecule has 0 aliphatic heterocycles. The number of benzene rings is 1. The molecule has 1 unspecified atom stereocenters. The third-order valence-corrected chi connectivity index (χ3v) is 4.09. The highest BCUT2D eigenvalue weighted by atomic mass is 35.5. The molecule has 1 heterocycles. The molecule has 124 valence electrons. The third-order valence-electron chi connectivity index (χ3n) is 3.03. The highest BCUT2D eigenvalue weighted by Crippen LogP contribution is 2.24. The molecule has 1 aromatic heterocycles. The number of hydrogen-bond acceptors (Lipinski definition) is 4. The number of rotatable bonds is 5. The molecule has 0 spiro atoms. The summed E-state index contributed by atoms with van der Waals surface area (Å²) in [6, 6.07) is 3.31. The largest absolute Gasteiger partial charge is 0.325 e. The minimum absolute atomic E-state index is 0.0565. The van der Waals surface area contributed by atoms with Gasteiger partial charge in [-0.3, -0.25) is 5.32 Å². The first kappa shape index (κ1) is 17.7. The second-order valence-electron chi connectivity index (χ2n) is 5.52. The van der Waals surface area contributed by atoms with E-state index in [4.69, 9.17) is 17.3 Å². The molecule has 4 N–H and O–H groups in total. The van der Waals surface area contributed by atoms with E-state index in [9.17, 15) is 9.18 Å². The van der Waals surface area contributed by atoms with Crippen molar-refractivity contribution in [3.63, 3.8) is 0 Å². The number of carbonyl (C=O) groups excluding carboxylic acids is 1. The molecule has 0 radical (unpaired) electrons. The summed E-state index contributed by atoms with van der Waals surface area (Å²) in [5, 5.41) is 7.40. The van der Waals surface area contributed by atoms with Gasteiger partial charge in [0.15, 0.2) is 5.13 Å². The van der Waals surface area contributed by atoms with Gasteiger partial charge in [0.05, 0.1) is 10.7 Å². The van der Waals surface area contributed by atoms with E-state index in [-0.39, 0.29) is 11.1 Å². The first-order valence-corrected chi connectivity index (χ1v) is 8.35. The van der Waals surface area contributed by atoms with Crippen molar-refractivity contribution < 1.29 is 9.18 Å². The van der Waals surface area contributed by atoms with Crippen molar-refractivity contribution >= 4 is 39.8 Å². The highest BCUT2D eigenvalue weighted by molar-refractivity contribution is 7.13. The van der Waals surface area contributed by atoms with Gasteiger partial charge in [-0.15, -0.1) is 11.3 Å². The van der Waals surface area contributed by atoms with Crippen LogP contribution in [0.15, 0.2) is 23.6 Å². The van der Waals surface area contributed by atoms with Crippen LogP contribution in [0.5, 0.6) is 0 Å². The molecular weight excluding hydrogens is 339 g/mol. The molecule has 23 heavy (non-hydrogen) atoms.